The summed E-state index contributed by atoms with van der Waals surface area (Å²) in [4.78, 5) is 16.4. The predicted molar refractivity (Wildman–Crippen MR) is 63.7 cm³/mol. The minimum atomic E-state index is 0.0862. The van der Waals surface area contributed by atoms with Crippen molar-refractivity contribution in [1.29, 1.82) is 0 Å². The second kappa shape index (κ2) is 3.84. The van der Waals surface area contributed by atoms with Crippen LogP contribution in [0.5, 0.6) is 0 Å². The van der Waals surface area contributed by atoms with E-state index in [0.717, 1.165) is 26.2 Å². The Morgan fingerprint density at radius 1 is 1.53 bits per heavy atom. The molecule has 0 saturated carbocycles. The van der Waals surface area contributed by atoms with Gasteiger partial charge in [0.1, 0.15) is 5.69 Å². The lowest BCUT2D eigenvalue weighted by Crippen LogP contribution is -2.59. The Balaban J connectivity index is 1.60. The summed E-state index contributed by atoms with van der Waals surface area (Å²) in [5, 5.41) is 6.55. The van der Waals surface area contributed by atoms with Crippen LogP contribution in [0.1, 0.15) is 23.8 Å². The van der Waals surface area contributed by atoms with Crippen LogP contribution in [-0.2, 0) is 0 Å². The number of carbonyl (C=O) groups excluding carboxylic acids is 1. The van der Waals surface area contributed by atoms with Gasteiger partial charge in [-0.05, 0) is 25.6 Å². The van der Waals surface area contributed by atoms with Gasteiger partial charge in [0, 0.05) is 31.2 Å². The first kappa shape index (κ1) is 10.8. The van der Waals surface area contributed by atoms with E-state index in [-0.39, 0.29) is 5.91 Å². The molecule has 1 aromatic rings. The first-order chi connectivity index (χ1) is 8.22. The fraction of sp³-hybridized carbons (Fsp3) is 0.667. The molecule has 1 aromatic heterocycles. The molecule has 3 heterocycles. The molecule has 0 unspecified atom stereocenters. The maximum Gasteiger partial charge on any atom is 0.271 e. The number of hydrogen-bond donors (Lipinski definition) is 1. The molecule has 1 N–H and O–H groups in total. The van der Waals surface area contributed by atoms with Crippen molar-refractivity contribution in [3.05, 3.63) is 18.0 Å². The van der Waals surface area contributed by atoms with Crippen LogP contribution in [0.15, 0.2) is 12.3 Å². The van der Waals surface area contributed by atoms with Crippen molar-refractivity contribution in [3.63, 3.8) is 0 Å². The first-order valence-corrected chi connectivity index (χ1v) is 6.23. The molecule has 1 amide bonds. The fourth-order valence-corrected chi connectivity index (χ4v) is 3.01. The quantitative estimate of drug-likeness (QED) is 0.814. The van der Waals surface area contributed by atoms with Gasteiger partial charge in [-0.15, -0.1) is 0 Å². The van der Waals surface area contributed by atoms with Crippen molar-refractivity contribution in [3.8, 4) is 0 Å². The van der Waals surface area contributed by atoms with E-state index in [9.17, 15) is 4.79 Å². The SMILES string of the molecule is CCN1CCC2(C1)CN(C(=O)c1ccn[nH]1)C2. The number of hydrogen-bond acceptors (Lipinski definition) is 3. The molecule has 2 fully saturated rings. The van der Waals surface area contributed by atoms with Crippen LogP contribution in [0.25, 0.3) is 0 Å². The summed E-state index contributed by atoms with van der Waals surface area (Å²) >= 11 is 0. The van der Waals surface area contributed by atoms with Gasteiger partial charge in [0.15, 0.2) is 0 Å². The van der Waals surface area contributed by atoms with Gasteiger partial charge in [-0.1, -0.05) is 6.92 Å². The summed E-state index contributed by atoms with van der Waals surface area (Å²) in [5.74, 6) is 0.0862. The maximum absolute atomic E-state index is 12.0. The Bertz CT molecular complexity index is 408. The third kappa shape index (κ3) is 1.74. The molecule has 0 aliphatic carbocycles. The lowest BCUT2D eigenvalue weighted by molar-refractivity contribution is 0.0105. The summed E-state index contributed by atoms with van der Waals surface area (Å²) in [6.45, 7) is 7.46. The number of nitrogens with zero attached hydrogens (tertiary/aromatic N) is 3. The van der Waals surface area contributed by atoms with E-state index in [2.05, 4.69) is 22.0 Å². The van der Waals surface area contributed by atoms with E-state index in [0.29, 0.717) is 11.1 Å². The van der Waals surface area contributed by atoms with Crippen molar-refractivity contribution in [1.82, 2.24) is 20.0 Å². The first-order valence-electron chi connectivity index (χ1n) is 6.23. The Labute approximate surface area is 101 Å². The summed E-state index contributed by atoms with van der Waals surface area (Å²) < 4.78 is 0. The number of aromatic nitrogens is 2. The van der Waals surface area contributed by atoms with Crippen LogP contribution in [0.3, 0.4) is 0 Å². The predicted octanol–water partition coefficient (Wildman–Crippen LogP) is 0.577. The van der Waals surface area contributed by atoms with E-state index >= 15 is 0 Å². The zero-order valence-electron chi connectivity index (χ0n) is 10.1. The van der Waals surface area contributed by atoms with Gasteiger partial charge in [0.05, 0.1) is 0 Å². The third-order valence-corrected chi connectivity index (χ3v) is 4.04. The molecule has 1 spiro atoms. The normalized spacial score (nSPS) is 23.0. The van der Waals surface area contributed by atoms with E-state index in [4.69, 9.17) is 0 Å². The number of nitrogens with one attached hydrogen (secondary N) is 1. The second-order valence-electron chi connectivity index (χ2n) is 5.25. The van der Waals surface area contributed by atoms with Gasteiger partial charge in [-0.25, -0.2) is 0 Å². The summed E-state index contributed by atoms with van der Waals surface area (Å²) in [7, 11) is 0. The van der Waals surface area contributed by atoms with Gasteiger partial charge in [-0.2, -0.15) is 5.10 Å². The molecular weight excluding hydrogens is 216 g/mol. The Morgan fingerprint density at radius 2 is 2.35 bits per heavy atom. The zero-order valence-corrected chi connectivity index (χ0v) is 10.1. The molecule has 92 valence electrons. The van der Waals surface area contributed by atoms with Crippen molar-refractivity contribution in [2.75, 3.05) is 32.7 Å². The highest BCUT2D eigenvalue weighted by Gasteiger charge is 2.49. The highest BCUT2D eigenvalue weighted by molar-refractivity contribution is 5.92. The Kier molecular flexibility index (Phi) is 2.43. The maximum atomic E-state index is 12.0. The molecule has 5 nitrogen and oxygen atoms in total. The summed E-state index contributed by atoms with van der Waals surface area (Å²) in [5.41, 5.74) is 0.983. The van der Waals surface area contributed by atoms with Crippen molar-refractivity contribution < 1.29 is 4.79 Å². The molecule has 0 aromatic carbocycles. The Morgan fingerprint density at radius 3 is 2.94 bits per heavy atom. The van der Waals surface area contributed by atoms with Crippen LogP contribution in [0.2, 0.25) is 0 Å². The van der Waals surface area contributed by atoms with E-state index in [1.165, 1.54) is 13.0 Å². The van der Waals surface area contributed by atoms with Crippen molar-refractivity contribution >= 4 is 5.91 Å². The van der Waals surface area contributed by atoms with Crippen LogP contribution in [-0.4, -0.2) is 58.6 Å². The van der Waals surface area contributed by atoms with Crippen LogP contribution < -0.4 is 0 Å². The number of rotatable bonds is 2. The van der Waals surface area contributed by atoms with Gasteiger partial charge in [-0.3, -0.25) is 9.89 Å². The van der Waals surface area contributed by atoms with E-state index in [1.54, 1.807) is 12.3 Å². The monoisotopic (exact) mass is 234 g/mol. The molecular formula is C12H18N4O. The highest BCUT2D eigenvalue weighted by atomic mass is 16.2. The summed E-state index contributed by atoms with van der Waals surface area (Å²) in [6.07, 6.45) is 2.85. The topological polar surface area (TPSA) is 52.2 Å². The van der Waals surface area contributed by atoms with Crippen LogP contribution >= 0.6 is 0 Å². The number of H-pyrrole nitrogens is 1. The van der Waals surface area contributed by atoms with Crippen molar-refractivity contribution in [2.45, 2.75) is 13.3 Å². The molecule has 2 saturated heterocycles. The molecule has 0 bridgehead atoms. The standard InChI is InChI=1S/C12H18N4O/c1-2-15-6-4-12(7-15)8-16(9-12)11(17)10-3-5-13-14-10/h3,5H,2,4,6-9H2,1H3,(H,13,14). The number of likely N-dealkylation sites (tertiary alicyclic amines) is 2. The molecule has 0 atom stereocenters. The smallest absolute Gasteiger partial charge is 0.271 e. The van der Waals surface area contributed by atoms with E-state index < -0.39 is 0 Å². The average molecular weight is 234 g/mol. The second-order valence-corrected chi connectivity index (χ2v) is 5.25. The van der Waals surface area contributed by atoms with Crippen LogP contribution in [0.4, 0.5) is 0 Å². The lowest BCUT2D eigenvalue weighted by atomic mass is 9.79. The molecule has 5 heteroatoms. The molecule has 0 radical (unpaired) electrons. The molecule has 3 rings (SSSR count). The fourth-order valence-electron chi connectivity index (χ4n) is 3.01. The third-order valence-electron chi connectivity index (χ3n) is 4.04. The van der Waals surface area contributed by atoms with Gasteiger partial charge >= 0.3 is 0 Å². The number of amides is 1. The highest BCUT2D eigenvalue weighted by Crippen LogP contribution is 2.39. The molecule has 2 aliphatic rings. The molecule has 17 heavy (non-hydrogen) atoms. The number of aromatic amines is 1. The average Bonchev–Trinajstić information content (AvgIpc) is 2.95. The largest absolute Gasteiger partial charge is 0.336 e. The zero-order chi connectivity index (χ0) is 11.9. The van der Waals surface area contributed by atoms with E-state index in [1.807, 2.05) is 4.90 Å². The lowest BCUT2D eigenvalue weighted by Gasteiger charge is -2.47. The minimum absolute atomic E-state index is 0.0862. The number of carbonyl (C=O) groups is 1. The molecule has 2 aliphatic heterocycles. The summed E-state index contributed by atoms with van der Waals surface area (Å²) in [6, 6.07) is 1.74. The van der Waals surface area contributed by atoms with Gasteiger partial charge in [0.2, 0.25) is 0 Å². The van der Waals surface area contributed by atoms with Gasteiger partial charge in [0.25, 0.3) is 5.91 Å². The van der Waals surface area contributed by atoms with Crippen molar-refractivity contribution in [2.24, 2.45) is 5.41 Å². The van der Waals surface area contributed by atoms with Gasteiger partial charge < -0.3 is 9.80 Å². The minimum Gasteiger partial charge on any atom is -0.336 e. The Hall–Kier alpha value is -1.36. The van der Waals surface area contributed by atoms with Crippen LogP contribution in [0, 0.1) is 5.41 Å².